The molecule has 118 valence electrons. The zero-order valence-electron chi connectivity index (χ0n) is 12.5. The first-order chi connectivity index (χ1) is 10.5. The zero-order chi connectivity index (χ0) is 15.7. The van der Waals surface area contributed by atoms with Crippen LogP contribution in [0.3, 0.4) is 0 Å². The van der Waals surface area contributed by atoms with Crippen LogP contribution >= 0.6 is 0 Å². The Morgan fingerprint density at radius 3 is 2.55 bits per heavy atom. The van der Waals surface area contributed by atoms with Crippen LogP contribution in [0.5, 0.6) is 0 Å². The molecule has 1 aromatic rings. The first kappa shape index (κ1) is 15.2. The minimum absolute atomic E-state index is 0.0251. The van der Waals surface area contributed by atoms with Gasteiger partial charge in [0.15, 0.2) is 5.78 Å². The number of Topliss-reactive ketones (excluding diaryl/α,β-unsaturated/α-hetero) is 1. The number of likely N-dealkylation sites (tertiary alicyclic amines) is 1. The van der Waals surface area contributed by atoms with E-state index in [9.17, 15) is 14.0 Å². The summed E-state index contributed by atoms with van der Waals surface area (Å²) < 4.78 is 12.8. The van der Waals surface area contributed by atoms with Gasteiger partial charge in [-0.1, -0.05) is 0 Å². The molecule has 22 heavy (non-hydrogen) atoms. The Morgan fingerprint density at radius 2 is 1.86 bits per heavy atom. The fourth-order valence-corrected chi connectivity index (χ4v) is 3.67. The normalized spacial score (nSPS) is 27.0. The van der Waals surface area contributed by atoms with E-state index in [0.717, 1.165) is 25.9 Å². The molecule has 4 nitrogen and oxygen atoms in total. The zero-order valence-corrected chi connectivity index (χ0v) is 12.5. The number of ketones is 1. The molecule has 3 rings (SSSR count). The van der Waals surface area contributed by atoms with Crippen molar-refractivity contribution in [1.29, 1.82) is 0 Å². The maximum Gasteiger partial charge on any atom is 0.223 e. The van der Waals surface area contributed by atoms with Crippen LogP contribution in [0.1, 0.15) is 36.0 Å². The van der Waals surface area contributed by atoms with Gasteiger partial charge in [-0.15, -0.1) is 0 Å². The van der Waals surface area contributed by atoms with Gasteiger partial charge in [-0.3, -0.25) is 9.59 Å². The van der Waals surface area contributed by atoms with Crippen LogP contribution in [-0.4, -0.2) is 35.7 Å². The number of rotatable bonds is 4. The van der Waals surface area contributed by atoms with E-state index >= 15 is 0 Å². The van der Waals surface area contributed by atoms with E-state index in [4.69, 9.17) is 5.73 Å². The van der Waals surface area contributed by atoms with Crippen molar-refractivity contribution in [2.24, 2.45) is 17.6 Å². The second-order valence-corrected chi connectivity index (χ2v) is 6.39. The van der Waals surface area contributed by atoms with Gasteiger partial charge >= 0.3 is 0 Å². The average Bonchev–Trinajstić information content (AvgIpc) is 3.08. The Morgan fingerprint density at radius 1 is 1.14 bits per heavy atom. The molecule has 1 saturated carbocycles. The maximum atomic E-state index is 12.8. The van der Waals surface area contributed by atoms with Crippen molar-refractivity contribution >= 4 is 11.7 Å². The summed E-state index contributed by atoms with van der Waals surface area (Å²) in [5.41, 5.74) is 6.52. The number of hydrogen-bond acceptors (Lipinski definition) is 3. The minimum atomic E-state index is -0.368. The van der Waals surface area contributed by atoms with Gasteiger partial charge in [-0.05, 0) is 48.9 Å². The first-order valence-electron chi connectivity index (χ1n) is 7.86. The van der Waals surface area contributed by atoms with Crippen molar-refractivity contribution in [1.82, 2.24) is 4.90 Å². The summed E-state index contributed by atoms with van der Waals surface area (Å²) in [6.45, 7) is 1.51. The van der Waals surface area contributed by atoms with Gasteiger partial charge in [0.1, 0.15) is 5.82 Å². The molecule has 2 N–H and O–H groups in total. The highest BCUT2D eigenvalue weighted by Gasteiger charge is 2.42. The molecule has 1 aliphatic heterocycles. The Balaban J connectivity index is 1.50. The molecule has 1 aromatic carbocycles. The van der Waals surface area contributed by atoms with E-state index < -0.39 is 0 Å². The smallest absolute Gasteiger partial charge is 0.223 e. The molecule has 3 unspecified atom stereocenters. The number of benzene rings is 1. The highest BCUT2D eigenvalue weighted by atomic mass is 19.1. The predicted octanol–water partition coefficient (Wildman–Crippen LogP) is 1.98. The molecule has 3 atom stereocenters. The van der Waals surface area contributed by atoms with E-state index in [1.165, 1.54) is 24.3 Å². The fourth-order valence-electron chi connectivity index (χ4n) is 3.67. The number of halogens is 1. The lowest BCUT2D eigenvalue weighted by Crippen LogP contribution is -2.33. The minimum Gasteiger partial charge on any atom is -0.342 e. The molecule has 0 aromatic heterocycles. The summed E-state index contributed by atoms with van der Waals surface area (Å²) in [4.78, 5) is 26.1. The Hall–Kier alpha value is -1.75. The van der Waals surface area contributed by atoms with E-state index in [0.29, 0.717) is 17.4 Å². The molecule has 5 heteroatoms. The molecule has 2 fully saturated rings. The standard InChI is InChI=1S/C17H21FN2O2/c18-13-4-1-11(2-5-13)16(21)7-8-17(22)20-9-12-3-6-15(19)14(12)10-20/h1-2,4-5,12,14-15H,3,6-10,19H2. The van der Waals surface area contributed by atoms with E-state index in [2.05, 4.69) is 0 Å². The van der Waals surface area contributed by atoms with E-state index in [1.54, 1.807) is 0 Å². The van der Waals surface area contributed by atoms with E-state index in [1.807, 2.05) is 4.90 Å². The van der Waals surface area contributed by atoms with Crippen LogP contribution < -0.4 is 5.73 Å². The fraction of sp³-hybridized carbons (Fsp3) is 0.529. The lowest BCUT2D eigenvalue weighted by molar-refractivity contribution is -0.130. The monoisotopic (exact) mass is 304 g/mol. The second-order valence-electron chi connectivity index (χ2n) is 6.39. The summed E-state index contributed by atoms with van der Waals surface area (Å²) >= 11 is 0. The number of nitrogens with two attached hydrogens (primary N) is 1. The van der Waals surface area contributed by atoms with Crippen LogP contribution in [0.15, 0.2) is 24.3 Å². The highest BCUT2D eigenvalue weighted by Crippen LogP contribution is 2.37. The van der Waals surface area contributed by atoms with Gasteiger partial charge in [-0.2, -0.15) is 0 Å². The molecule has 1 heterocycles. The predicted molar refractivity (Wildman–Crippen MR) is 80.7 cm³/mol. The quantitative estimate of drug-likeness (QED) is 0.865. The average molecular weight is 304 g/mol. The Bertz CT molecular complexity index is 573. The topological polar surface area (TPSA) is 63.4 Å². The first-order valence-corrected chi connectivity index (χ1v) is 7.86. The third kappa shape index (κ3) is 3.04. The van der Waals surface area contributed by atoms with Crippen LogP contribution in [0.2, 0.25) is 0 Å². The summed E-state index contributed by atoms with van der Waals surface area (Å²) in [6.07, 6.45) is 2.54. The SMILES string of the molecule is NC1CCC2CN(C(=O)CCC(=O)c3ccc(F)cc3)CC12. The second kappa shape index (κ2) is 6.16. The summed E-state index contributed by atoms with van der Waals surface area (Å²) in [7, 11) is 0. The lowest BCUT2D eigenvalue weighted by Gasteiger charge is -2.18. The largest absolute Gasteiger partial charge is 0.342 e. The molecule has 0 spiro atoms. The summed E-state index contributed by atoms with van der Waals surface area (Å²) in [5.74, 6) is 0.498. The molecular formula is C17H21FN2O2. The summed E-state index contributed by atoms with van der Waals surface area (Å²) in [6, 6.07) is 5.66. The van der Waals surface area contributed by atoms with Crippen molar-refractivity contribution in [2.45, 2.75) is 31.7 Å². The molecule has 1 aliphatic carbocycles. The van der Waals surface area contributed by atoms with Gasteiger partial charge < -0.3 is 10.6 Å². The van der Waals surface area contributed by atoms with Crippen LogP contribution in [0.25, 0.3) is 0 Å². The summed E-state index contributed by atoms with van der Waals surface area (Å²) in [5, 5.41) is 0. The van der Waals surface area contributed by atoms with Crippen molar-refractivity contribution in [2.75, 3.05) is 13.1 Å². The maximum absolute atomic E-state index is 12.8. The van der Waals surface area contributed by atoms with Gasteiger partial charge in [0.05, 0.1) is 0 Å². The highest BCUT2D eigenvalue weighted by molar-refractivity contribution is 5.97. The van der Waals surface area contributed by atoms with Gasteiger partial charge in [-0.25, -0.2) is 4.39 Å². The van der Waals surface area contributed by atoms with E-state index in [-0.39, 0.29) is 36.4 Å². The van der Waals surface area contributed by atoms with Crippen LogP contribution in [0.4, 0.5) is 4.39 Å². The molecule has 1 saturated heterocycles. The number of carbonyl (C=O) groups excluding carboxylic acids is 2. The number of hydrogen-bond donors (Lipinski definition) is 1. The molecule has 2 aliphatic rings. The van der Waals surface area contributed by atoms with Crippen molar-refractivity contribution in [3.63, 3.8) is 0 Å². The molecular weight excluding hydrogens is 283 g/mol. The van der Waals surface area contributed by atoms with Gasteiger partial charge in [0, 0.05) is 37.5 Å². The molecule has 1 amide bonds. The van der Waals surface area contributed by atoms with Crippen molar-refractivity contribution < 1.29 is 14.0 Å². The Kier molecular flexibility index (Phi) is 4.25. The third-order valence-electron chi connectivity index (χ3n) is 5.00. The number of amides is 1. The Labute approximate surface area is 129 Å². The van der Waals surface area contributed by atoms with Crippen molar-refractivity contribution in [3.05, 3.63) is 35.6 Å². The van der Waals surface area contributed by atoms with Crippen LogP contribution in [0, 0.1) is 17.7 Å². The van der Waals surface area contributed by atoms with Gasteiger partial charge in [0.25, 0.3) is 0 Å². The lowest BCUT2D eigenvalue weighted by atomic mass is 9.98. The van der Waals surface area contributed by atoms with Crippen molar-refractivity contribution in [3.8, 4) is 0 Å². The van der Waals surface area contributed by atoms with Crippen LogP contribution in [-0.2, 0) is 4.79 Å². The molecule has 0 radical (unpaired) electrons. The number of nitrogens with zero attached hydrogens (tertiary/aromatic N) is 1. The molecule has 0 bridgehead atoms. The number of carbonyl (C=O) groups is 2. The third-order valence-corrected chi connectivity index (χ3v) is 5.00. The van der Waals surface area contributed by atoms with Gasteiger partial charge in [0.2, 0.25) is 5.91 Å². The number of fused-ring (bicyclic) bond motifs is 1.